The molecule has 0 saturated heterocycles. The molecule has 0 aliphatic heterocycles. The van der Waals surface area contributed by atoms with Crippen LogP contribution in [0.5, 0.6) is 0 Å². The van der Waals surface area contributed by atoms with Crippen LogP contribution in [0.2, 0.25) is 0 Å². The molecule has 1 amide bonds. The van der Waals surface area contributed by atoms with E-state index in [1.54, 1.807) is 6.26 Å². The van der Waals surface area contributed by atoms with E-state index in [4.69, 9.17) is 20.8 Å². The van der Waals surface area contributed by atoms with Crippen LogP contribution >= 0.6 is 11.6 Å². The van der Waals surface area contributed by atoms with E-state index >= 15 is 0 Å². The van der Waals surface area contributed by atoms with E-state index in [-0.39, 0.29) is 5.91 Å². The predicted molar refractivity (Wildman–Crippen MR) is 61.6 cm³/mol. The summed E-state index contributed by atoms with van der Waals surface area (Å²) in [5.74, 6) is 1.31. The number of halogens is 1. The highest BCUT2D eigenvalue weighted by atomic mass is 35.5. The lowest BCUT2D eigenvalue weighted by molar-refractivity contribution is -0.121. The summed E-state index contributed by atoms with van der Waals surface area (Å²) in [4.78, 5) is 11.3. The molecule has 90 valence electrons. The van der Waals surface area contributed by atoms with Crippen LogP contribution in [0.25, 0.3) is 0 Å². The number of alkyl halides is 1. The Morgan fingerprint density at radius 1 is 1.50 bits per heavy atom. The smallest absolute Gasteiger partial charge is 0.220 e. The van der Waals surface area contributed by atoms with Gasteiger partial charge in [-0.1, -0.05) is 0 Å². The van der Waals surface area contributed by atoms with Crippen LogP contribution in [0.4, 0.5) is 0 Å². The number of hydrogen-bond acceptors (Lipinski definition) is 3. The van der Waals surface area contributed by atoms with Gasteiger partial charge in [-0.05, 0) is 12.1 Å². The van der Waals surface area contributed by atoms with Crippen molar-refractivity contribution < 1.29 is 13.9 Å². The van der Waals surface area contributed by atoms with Crippen molar-refractivity contribution in [3.05, 3.63) is 24.2 Å². The minimum atomic E-state index is 0.00544. The summed E-state index contributed by atoms with van der Waals surface area (Å²) in [5.41, 5.74) is 0. The lowest BCUT2D eigenvalue weighted by Crippen LogP contribution is -2.27. The molecule has 0 aliphatic carbocycles. The number of amides is 1. The Morgan fingerprint density at radius 3 is 3.06 bits per heavy atom. The maximum Gasteiger partial charge on any atom is 0.220 e. The first kappa shape index (κ1) is 13.1. The number of carbonyl (C=O) groups is 1. The molecule has 1 N–H and O–H groups in total. The summed E-state index contributed by atoms with van der Waals surface area (Å²) in [7, 11) is 0. The zero-order valence-corrected chi connectivity index (χ0v) is 9.83. The van der Waals surface area contributed by atoms with Gasteiger partial charge in [0, 0.05) is 25.3 Å². The highest BCUT2D eigenvalue weighted by molar-refractivity contribution is 6.17. The third-order valence-electron chi connectivity index (χ3n) is 1.97. The second kappa shape index (κ2) is 8.19. The highest BCUT2D eigenvalue weighted by Crippen LogP contribution is 2.02. The Morgan fingerprint density at radius 2 is 2.38 bits per heavy atom. The highest BCUT2D eigenvalue weighted by Gasteiger charge is 2.02. The number of hydrogen-bond donors (Lipinski definition) is 1. The molecule has 0 aromatic carbocycles. The number of furan rings is 1. The molecule has 0 atom stereocenters. The molecule has 16 heavy (non-hydrogen) atoms. The largest absolute Gasteiger partial charge is 0.469 e. The number of nitrogens with one attached hydrogen (secondary N) is 1. The van der Waals surface area contributed by atoms with Gasteiger partial charge in [0.25, 0.3) is 0 Å². The van der Waals surface area contributed by atoms with Crippen molar-refractivity contribution in [1.82, 2.24) is 5.32 Å². The van der Waals surface area contributed by atoms with Crippen molar-refractivity contribution >= 4 is 17.5 Å². The minimum absolute atomic E-state index is 0.00544. The molecule has 1 heterocycles. The van der Waals surface area contributed by atoms with Gasteiger partial charge >= 0.3 is 0 Å². The van der Waals surface area contributed by atoms with E-state index in [2.05, 4.69) is 5.32 Å². The van der Waals surface area contributed by atoms with Gasteiger partial charge in [-0.2, -0.15) is 0 Å². The van der Waals surface area contributed by atoms with Crippen LogP contribution in [-0.2, 0) is 16.0 Å². The van der Waals surface area contributed by atoms with Gasteiger partial charge in [0.1, 0.15) is 5.76 Å². The molecule has 1 aromatic rings. The Balaban J connectivity index is 1.99. The maximum absolute atomic E-state index is 11.3. The van der Waals surface area contributed by atoms with Crippen molar-refractivity contribution in [1.29, 1.82) is 0 Å². The van der Waals surface area contributed by atoms with Gasteiger partial charge in [0.15, 0.2) is 0 Å². The molecule has 0 radical (unpaired) electrons. The summed E-state index contributed by atoms with van der Waals surface area (Å²) >= 11 is 5.43. The van der Waals surface area contributed by atoms with E-state index in [0.29, 0.717) is 38.5 Å². The summed E-state index contributed by atoms with van der Waals surface area (Å²) in [6.07, 6.45) is 2.66. The van der Waals surface area contributed by atoms with E-state index in [9.17, 15) is 4.79 Å². The standard InChI is InChI=1S/C11H16ClNO3/c12-5-8-15-9-6-13-11(14)4-3-10-2-1-7-16-10/h1-2,7H,3-6,8-9H2,(H,13,14). The number of ether oxygens (including phenoxy) is 1. The predicted octanol–water partition coefficient (Wildman–Crippen LogP) is 1.58. The fourth-order valence-electron chi connectivity index (χ4n) is 1.20. The first-order valence-corrected chi connectivity index (χ1v) is 5.79. The van der Waals surface area contributed by atoms with Crippen LogP contribution in [0.1, 0.15) is 12.2 Å². The Labute approximate surface area is 99.9 Å². The Kier molecular flexibility index (Phi) is 6.69. The van der Waals surface area contributed by atoms with Gasteiger partial charge < -0.3 is 14.5 Å². The van der Waals surface area contributed by atoms with Gasteiger partial charge in [0.05, 0.1) is 19.5 Å². The second-order valence-electron chi connectivity index (χ2n) is 3.23. The fraction of sp³-hybridized carbons (Fsp3) is 0.545. The van der Waals surface area contributed by atoms with Crippen LogP contribution in [-0.4, -0.2) is 31.5 Å². The van der Waals surface area contributed by atoms with Crippen molar-refractivity contribution in [3.63, 3.8) is 0 Å². The van der Waals surface area contributed by atoms with E-state index in [1.807, 2.05) is 12.1 Å². The third-order valence-corrected chi connectivity index (χ3v) is 2.12. The van der Waals surface area contributed by atoms with Crippen LogP contribution in [0.3, 0.4) is 0 Å². The number of carbonyl (C=O) groups excluding carboxylic acids is 1. The Bertz CT molecular complexity index is 287. The Hall–Kier alpha value is -1.00. The molecule has 0 spiro atoms. The van der Waals surface area contributed by atoms with Crippen LogP contribution < -0.4 is 5.32 Å². The molecule has 4 nitrogen and oxygen atoms in total. The zero-order chi connectivity index (χ0) is 11.6. The number of aryl methyl sites for hydroxylation is 1. The molecule has 1 rings (SSSR count). The average molecular weight is 246 g/mol. The summed E-state index contributed by atoms with van der Waals surface area (Å²) in [6.45, 7) is 1.54. The minimum Gasteiger partial charge on any atom is -0.469 e. The summed E-state index contributed by atoms with van der Waals surface area (Å²) in [6, 6.07) is 3.67. The maximum atomic E-state index is 11.3. The van der Waals surface area contributed by atoms with Crippen LogP contribution in [0, 0.1) is 0 Å². The molecule has 5 heteroatoms. The van der Waals surface area contributed by atoms with Crippen molar-refractivity contribution in [3.8, 4) is 0 Å². The van der Waals surface area contributed by atoms with E-state index in [1.165, 1.54) is 0 Å². The molecule has 0 fully saturated rings. The molecular weight excluding hydrogens is 230 g/mol. The van der Waals surface area contributed by atoms with Crippen LogP contribution in [0.15, 0.2) is 22.8 Å². The quantitative estimate of drug-likeness (QED) is 0.559. The first-order chi connectivity index (χ1) is 7.83. The molecular formula is C11H16ClNO3. The molecule has 0 bridgehead atoms. The van der Waals surface area contributed by atoms with Crippen molar-refractivity contribution in [2.24, 2.45) is 0 Å². The lowest BCUT2D eigenvalue weighted by Gasteiger charge is -2.04. The van der Waals surface area contributed by atoms with E-state index in [0.717, 1.165) is 5.76 Å². The first-order valence-electron chi connectivity index (χ1n) is 5.25. The SMILES string of the molecule is O=C(CCc1ccco1)NCCOCCCl. The molecule has 0 aliphatic rings. The van der Waals surface area contributed by atoms with Crippen molar-refractivity contribution in [2.75, 3.05) is 25.6 Å². The van der Waals surface area contributed by atoms with Gasteiger partial charge in [-0.15, -0.1) is 11.6 Å². The summed E-state index contributed by atoms with van der Waals surface area (Å²) < 4.78 is 10.2. The van der Waals surface area contributed by atoms with Gasteiger partial charge in [0.2, 0.25) is 5.91 Å². The van der Waals surface area contributed by atoms with Crippen molar-refractivity contribution in [2.45, 2.75) is 12.8 Å². The van der Waals surface area contributed by atoms with Gasteiger partial charge in [-0.3, -0.25) is 4.79 Å². The third kappa shape index (κ3) is 5.78. The fourth-order valence-corrected chi connectivity index (χ4v) is 1.31. The van der Waals surface area contributed by atoms with E-state index < -0.39 is 0 Å². The average Bonchev–Trinajstić information content (AvgIpc) is 2.79. The normalized spacial score (nSPS) is 10.3. The molecule has 0 unspecified atom stereocenters. The zero-order valence-electron chi connectivity index (χ0n) is 9.08. The summed E-state index contributed by atoms with van der Waals surface area (Å²) in [5, 5.41) is 2.76. The topological polar surface area (TPSA) is 51.5 Å². The number of rotatable bonds is 8. The second-order valence-corrected chi connectivity index (χ2v) is 3.61. The monoisotopic (exact) mass is 245 g/mol. The van der Waals surface area contributed by atoms with Gasteiger partial charge in [-0.25, -0.2) is 0 Å². The lowest BCUT2D eigenvalue weighted by atomic mass is 10.2. The molecule has 1 aromatic heterocycles. The molecule has 0 saturated carbocycles.